The van der Waals surface area contributed by atoms with Crippen LogP contribution in [0.5, 0.6) is 0 Å². The van der Waals surface area contributed by atoms with Crippen LogP contribution in [0.25, 0.3) is 0 Å². The molecule has 0 fully saturated rings. The van der Waals surface area contributed by atoms with Crippen molar-refractivity contribution in [2.24, 2.45) is 10.7 Å². The van der Waals surface area contributed by atoms with Gasteiger partial charge >= 0.3 is 0 Å². The maximum absolute atomic E-state index is 11.8. The van der Waals surface area contributed by atoms with E-state index >= 15 is 0 Å². The van der Waals surface area contributed by atoms with E-state index in [4.69, 9.17) is 28.9 Å². The second kappa shape index (κ2) is 7.11. The number of carbonyl (C=O) groups is 2. The number of benzene rings is 1. The van der Waals surface area contributed by atoms with Crippen LogP contribution in [0, 0.1) is 0 Å². The fraction of sp³-hybridized carbons (Fsp3) is 0.0714. The highest BCUT2D eigenvalue weighted by molar-refractivity contribution is 6.33. The van der Waals surface area contributed by atoms with E-state index in [-0.39, 0.29) is 12.5 Å². The van der Waals surface area contributed by atoms with Gasteiger partial charge < -0.3 is 10.3 Å². The number of aromatic nitrogens is 1. The molecule has 8 heteroatoms. The van der Waals surface area contributed by atoms with Crippen LogP contribution in [-0.4, -0.2) is 22.3 Å². The zero-order valence-corrected chi connectivity index (χ0v) is 12.8. The van der Waals surface area contributed by atoms with Crippen LogP contribution < -0.4 is 11.1 Å². The van der Waals surface area contributed by atoms with E-state index in [0.717, 1.165) is 0 Å². The Kier molecular flexibility index (Phi) is 5.19. The molecule has 0 saturated heterocycles. The minimum absolute atomic E-state index is 0.138. The molecule has 0 spiro atoms. The van der Waals surface area contributed by atoms with E-state index in [1.807, 2.05) is 0 Å². The first kappa shape index (κ1) is 16.1. The maximum atomic E-state index is 11.8. The second-order valence-corrected chi connectivity index (χ2v) is 5.06. The lowest BCUT2D eigenvalue weighted by molar-refractivity contribution is -0.120. The summed E-state index contributed by atoms with van der Waals surface area (Å²) in [5.74, 6) is -1.34. The first-order valence-corrected chi connectivity index (χ1v) is 6.97. The zero-order valence-electron chi connectivity index (χ0n) is 11.3. The number of halogens is 2. The van der Waals surface area contributed by atoms with Gasteiger partial charge in [-0.15, -0.1) is 0 Å². The number of hydrogen-bond donors (Lipinski definition) is 2. The summed E-state index contributed by atoms with van der Waals surface area (Å²) in [5.41, 5.74) is 5.91. The Morgan fingerprint density at radius 1 is 1.09 bits per heavy atom. The smallest absolute Gasteiger partial charge is 0.280 e. The molecule has 22 heavy (non-hydrogen) atoms. The molecule has 0 saturated carbocycles. The van der Waals surface area contributed by atoms with Crippen molar-refractivity contribution in [3.63, 3.8) is 0 Å². The quantitative estimate of drug-likeness (QED) is 0.663. The lowest BCUT2D eigenvalue weighted by Crippen LogP contribution is -2.39. The van der Waals surface area contributed by atoms with Gasteiger partial charge in [0.1, 0.15) is 16.9 Å². The number of aliphatic imine (C=N–C) groups is 1. The van der Waals surface area contributed by atoms with E-state index in [1.54, 1.807) is 42.5 Å². The highest BCUT2D eigenvalue weighted by Gasteiger charge is 2.11. The van der Waals surface area contributed by atoms with Crippen molar-refractivity contribution >= 4 is 41.0 Å². The topological polar surface area (TPSA) is 89.5 Å². The Labute approximate surface area is 136 Å². The highest BCUT2D eigenvalue weighted by atomic mass is 35.5. The number of amides is 2. The molecule has 0 atom stereocenters. The highest BCUT2D eigenvalue weighted by Crippen LogP contribution is 2.18. The summed E-state index contributed by atoms with van der Waals surface area (Å²) in [6.07, 6.45) is 0. The Hall–Kier alpha value is -2.31. The number of nitrogens with one attached hydrogen (secondary N) is 1. The summed E-state index contributed by atoms with van der Waals surface area (Å²) < 4.78 is 1.38. The van der Waals surface area contributed by atoms with Gasteiger partial charge in [-0.2, -0.15) is 4.99 Å². The molecule has 1 aromatic carbocycles. The van der Waals surface area contributed by atoms with E-state index in [0.29, 0.717) is 15.9 Å². The van der Waals surface area contributed by atoms with E-state index in [1.165, 1.54) is 4.57 Å². The van der Waals surface area contributed by atoms with Crippen molar-refractivity contribution in [1.29, 1.82) is 0 Å². The van der Waals surface area contributed by atoms with Crippen LogP contribution in [0.15, 0.2) is 47.5 Å². The largest absolute Gasteiger partial charge is 0.369 e. The van der Waals surface area contributed by atoms with Gasteiger partial charge in [-0.25, -0.2) is 0 Å². The van der Waals surface area contributed by atoms with Gasteiger partial charge in [0.2, 0.25) is 11.9 Å². The van der Waals surface area contributed by atoms with E-state index in [9.17, 15) is 9.59 Å². The predicted molar refractivity (Wildman–Crippen MR) is 85.0 cm³/mol. The van der Waals surface area contributed by atoms with Gasteiger partial charge in [0.05, 0.1) is 0 Å². The Balaban J connectivity index is 1.99. The maximum Gasteiger partial charge on any atom is 0.280 e. The molecule has 2 aromatic rings. The SMILES string of the molecule is NC(=NC(=O)c1ccccc1)NC(=O)Cn1c(Cl)ccc1Cl. The van der Waals surface area contributed by atoms with Gasteiger partial charge in [-0.05, 0) is 24.3 Å². The lowest BCUT2D eigenvalue weighted by atomic mass is 10.2. The zero-order chi connectivity index (χ0) is 16.1. The van der Waals surface area contributed by atoms with E-state index in [2.05, 4.69) is 10.3 Å². The molecular weight excluding hydrogens is 327 g/mol. The van der Waals surface area contributed by atoms with Crippen molar-refractivity contribution < 1.29 is 9.59 Å². The summed E-state index contributed by atoms with van der Waals surface area (Å²) in [6, 6.07) is 11.5. The summed E-state index contributed by atoms with van der Waals surface area (Å²) in [6.45, 7) is -0.138. The summed E-state index contributed by atoms with van der Waals surface area (Å²) in [4.78, 5) is 27.2. The third-order valence-corrected chi connectivity index (χ3v) is 3.35. The molecule has 2 amide bonds. The van der Waals surface area contributed by atoms with Crippen LogP contribution in [0.3, 0.4) is 0 Å². The number of nitrogens with two attached hydrogens (primary N) is 1. The molecule has 0 radical (unpaired) electrons. The summed E-state index contributed by atoms with van der Waals surface area (Å²) >= 11 is 11.7. The third kappa shape index (κ3) is 4.09. The molecule has 0 aliphatic heterocycles. The van der Waals surface area contributed by atoms with Gasteiger partial charge in [0.25, 0.3) is 5.91 Å². The average Bonchev–Trinajstić information content (AvgIpc) is 2.79. The number of rotatable bonds is 3. The molecule has 0 bridgehead atoms. The van der Waals surface area contributed by atoms with Crippen LogP contribution in [0.4, 0.5) is 0 Å². The Morgan fingerprint density at radius 3 is 2.27 bits per heavy atom. The fourth-order valence-electron chi connectivity index (χ4n) is 1.68. The summed E-state index contributed by atoms with van der Waals surface area (Å²) in [7, 11) is 0. The standard InChI is InChI=1S/C14H12Cl2N4O2/c15-10-6-7-11(16)20(10)8-12(21)18-14(17)19-13(22)9-4-2-1-3-5-9/h1-7H,8H2,(H3,17,18,19,21,22). The number of carbonyl (C=O) groups excluding carboxylic acids is 2. The van der Waals surface area contributed by atoms with E-state index < -0.39 is 11.8 Å². The number of nitrogens with zero attached hydrogens (tertiary/aromatic N) is 2. The van der Waals surface area contributed by atoms with Crippen LogP contribution in [0.1, 0.15) is 10.4 Å². The minimum atomic E-state index is -0.546. The predicted octanol–water partition coefficient (Wildman–Crippen LogP) is 2.07. The monoisotopic (exact) mass is 338 g/mol. The minimum Gasteiger partial charge on any atom is -0.369 e. The molecule has 0 unspecified atom stereocenters. The van der Waals surface area contributed by atoms with Crippen molar-refractivity contribution in [3.05, 3.63) is 58.3 Å². The van der Waals surface area contributed by atoms with Gasteiger partial charge in [-0.1, -0.05) is 41.4 Å². The van der Waals surface area contributed by atoms with Gasteiger partial charge in [-0.3, -0.25) is 14.9 Å². The van der Waals surface area contributed by atoms with Crippen molar-refractivity contribution in [3.8, 4) is 0 Å². The van der Waals surface area contributed by atoms with Crippen molar-refractivity contribution in [1.82, 2.24) is 9.88 Å². The Bertz CT molecular complexity index is 706. The normalized spacial score (nSPS) is 11.3. The van der Waals surface area contributed by atoms with Gasteiger partial charge in [0, 0.05) is 5.56 Å². The second-order valence-electron chi connectivity index (χ2n) is 4.28. The molecule has 2 rings (SSSR count). The third-order valence-electron chi connectivity index (χ3n) is 2.69. The molecule has 0 aliphatic rings. The molecular formula is C14H12Cl2N4O2. The Morgan fingerprint density at radius 2 is 1.68 bits per heavy atom. The van der Waals surface area contributed by atoms with Crippen molar-refractivity contribution in [2.75, 3.05) is 0 Å². The number of hydrogen-bond acceptors (Lipinski definition) is 2. The molecule has 0 aliphatic carbocycles. The molecule has 114 valence electrons. The number of guanidine groups is 1. The van der Waals surface area contributed by atoms with Crippen molar-refractivity contribution in [2.45, 2.75) is 6.54 Å². The average molecular weight is 339 g/mol. The lowest BCUT2D eigenvalue weighted by Gasteiger charge is -2.07. The van der Waals surface area contributed by atoms with Crippen LogP contribution in [-0.2, 0) is 11.3 Å². The van der Waals surface area contributed by atoms with Crippen LogP contribution in [0.2, 0.25) is 10.3 Å². The van der Waals surface area contributed by atoms with Crippen LogP contribution >= 0.6 is 23.2 Å². The van der Waals surface area contributed by atoms with Gasteiger partial charge in [0.15, 0.2) is 0 Å². The molecule has 6 nitrogen and oxygen atoms in total. The molecule has 1 heterocycles. The molecule has 3 N–H and O–H groups in total. The first-order chi connectivity index (χ1) is 10.5. The first-order valence-electron chi connectivity index (χ1n) is 6.21. The summed E-state index contributed by atoms with van der Waals surface area (Å²) in [5, 5.41) is 2.93. The fourth-order valence-corrected chi connectivity index (χ4v) is 2.15. The molecule has 1 aromatic heterocycles.